The number of anilines is 2. The SMILES string of the molecule is O=C1Nc2ccc(F)cc2C1c1nc(NCCN2CCOCC2)nc2c1CCC2. The summed E-state index contributed by atoms with van der Waals surface area (Å²) < 4.78 is 19.3. The normalized spacial score (nSPS) is 21.0. The molecule has 1 amide bonds. The molecule has 1 saturated heterocycles. The Kier molecular flexibility index (Phi) is 4.89. The number of nitrogens with one attached hydrogen (secondary N) is 2. The molecule has 2 aliphatic heterocycles. The number of rotatable bonds is 5. The molecular formula is C21H24FN5O2. The van der Waals surface area contributed by atoms with Crippen molar-refractivity contribution >= 4 is 17.5 Å². The molecule has 1 aliphatic carbocycles. The summed E-state index contributed by atoms with van der Waals surface area (Å²) in [7, 11) is 0. The van der Waals surface area contributed by atoms with Crippen LogP contribution < -0.4 is 10.6 Å². The number of carbonyl (C=O) groups is 1. The van der Waals surface area contributed by atoms with Crippen molar-refractivity contribution in [1.82, 2.24) is 14.9 Å². The molecule has 2 aromatic rings. The average molecular weight is 397 g/mol. The maximum atomic E-state index is 13.9. The largest absolute Gasteiger partial charge is 0.379 e. The standard InChI is InChI=1S/C21H24FN5O2/c22-13-4-5-17-15(12-13)18(20(28)24-17)19-14-2-1-3-16(14)25-21(26-19)23-6-7-27-8-10-29-11-9-27/h4-5,12,18H,1-3,6-11H2,(H,24,28)(H,23,25,26). The summed E-state index contributed by atoms with van der Waals surface area (Å²) in [4.78, 5) is 24.5. The molecule has 0 spiro atoms. The molecule has 152 valence electrons. The molecule has 1 aromatic heterocycles. The van der Waals surface area contributed by atoms with Gasteiger partial charge in [0, 0.05) is 37.6 Å². The van der Waals surface area contributed by atoms with Crippen molar-refractivity contribution in [2.75, 3.05) is 50.0 Å². The van der Waals surface area contributed by atoms with Gasteiger partial charge in [0.1, 0.15) is 11.7 Å². The Labute approximate surface area is 168 Å². The zero-order chi connectivity index (χ0) is 19.8. The first kappa shape index (κ1) is 18.4. The lowest BCUT2D eigenvalue weighted by Crippen LogP contribution is -2.39. The van der Waals surface area contributed by atoms with Crippen LogP contribution in [0.5, 0.6) is 0 Å². The van der Waals surface area contributed by atoms with E-state index in [-0.39, 0.29) is 11.7 Å². The van der Waals surface area contributed by atoms with Crippen LogP contribution in [-0.2, 0) is 22.4 Å². The Morgan fingerprint density at radius 1 is 1.24 bits per heavy atom. The predicted octanol–water partition coefficient (Wildman–Crippen LogP) is 1.93. The number of aryl methyl sites for hydroxylation is 1. The van der Waals surface area contributed by atoms with Crippen LogP contribution in [-0.4, -0.2) is 60.2 Å². The van der Waals surface area contributed by atoms with E-state index in [0.29, 0.717) is 22.9 Å². The van der Waals surface area contributed by atoms with E-state index >= 15 is 0 Å². The van der Waals surface area contributed by atoms with Gasteiger partial charge in [0.25, 0.3) is 0 Å². The van der Waals surface area contributed by atoms with Crippen LogP contribution in [0.1, 0.15) is 34.9 Å². The highest BCUT2D eigenvalue weighted by molar-refractivity contribution is 6.05. The Hall–Kier alpha value is -2.58. The number of hydrogen-bond acceptors (Lipinski definition) is 6. The van der Waals surface area contributed by atoms with E-state index in [1.807, 2.05) is 0 Å². The molecule has 1 fully saturated rings. The van der Waals surface area contributed by atoms with Crippen LogP contribution in [0.4, 0.5) is 16.0 Å². The second-order valence-corrected chi connectivity index (χ2v) is 7.75. The molecule has 0 bridgehead atoms. The zero-order valence-corrected chi connectivity index (χ0v) is 16.2. The van der Waals surface area contributed by atoms with Crippen molar-refractivity contribution in [3.05, 3.63) is 46.5 Å². The first-order valence-corrected chi connectivity index (χ1v) is 10.2. The number of fused-ring (bicyclic) bond motifs is 2. The van der Waals surface area contributed by atoms with Crippen molar-refractivity contribution in [3.63, 3.8) is 0 Å². The van der Waals surface area contributed by atoms with E-state index in [1.54, 1.807) is 6.07 Å². The minimum Gasteiger partial charge on any atom is -0.379 e. The van der Waals surface area contributed by atoms with Gasteiger partial charge in [0.15, 0.2) is 0 Å². The van der Waals surface area contributed by atoms with E-state index < -0.39 is 5.92 Å². The van der Waals surface area contributed by atoms with E-state index in [0.717, 1.165) is 69.9 Å². The van der Waals surface area contributed by atoms with Crippen molar-refractivity contribution in [1.29, 1.82) is 0 Å². The summed E-state index contributed by atoms with van der Waals surface area (Å²) >= 11 is 0. The fourth-order valence-corrected chi connectivity index (χ4v) is 4.43. The van der Waals surface area contributed by atoms with Crippen molar-refractivity contribution in [2.24, 2.45) is 0 Å². The van der Waals surface area contributed by atoms with Crippen LogP contribution in [0.15, 0.2) is 18.2 Å². The number of morpholine rings is 1. The van der Waals surface area contributed by atoms with E-state index in [2.05, 4.69) is 15.5 Å². The molecule has 29 heavy (non-hydrogen) atoms. The van der Waals surface area contributed by atoms with E-state index in [4.69, 9.17) is 14.7 Å². The minimum absolute atomic E-state index is 0.155. The van der Waals surface area contributed by atoms with E-state index in [1.165, 1.54) is 12.1 Å². The molecule has 0 radical (unpaired) electrons. The van der Waals surface area contributed by atoms with Gasteiger partial charge in [-0.3, -0.25) is 9.69 Å². The molecule has 1 aromatic carbocycles. The lowest BCUT2D eigenvalue weighted by Gasteiger charge is -2.26. The third-order valence-electron chi connectivity index (χ3n) is 5.90. The molecule has 5 rings (SSSR count). The Morgan fingerprint density at radius 3 is 2.97 bits per heavy atom. The van der Waals surface area contributed by atoms with Crippen molar-refractivity contribution < 1.29 is 13.9 Å². The van der Waals surface area contributed by atoms with Gasteiger partial charge in [-0.25, -0.2) is 14.4 Å². The van der Waals surface area contributed by atoms with Gasteiger partial charge < -0.3 is 15.4 Å². The summed E-state index contributed by atoms with van der Waals surface area (Å²) in [6.07, 6.45) is 2.74. The van der Waals surface area contributed by atoms with Crippen molar-refractivity contribution in [3.8, 4) is 0 Å². The average Bonchev–Trinajstić information content (AvgIpc) is 3.32. The van der Waals surface area contributed by atoms with Crippen LogP contribution in [0.2, 0.25) is 0 Å². The second kappa shape index (κ2) is 7.68. The Balaban J connectivity index is 1.41. The second-order valence-electron chi connectivity index (χ2n) is 7.75. The van der Waals surface area contributed by atoms with E-state index in [9.17, 15) is 9.18 Å². The topological polar surface area (TPSA) is 79.4 Å². The molecule has 8 heteroatoms. The molecule has 2 N–H and O–H groups in total. The number of hydrogen-bond donors (Lipinski definition) is 2. The lowest BCUT2D eigenvalue weighted by atomic mass is 9.93. The summed E-state index contributed by atoms with van der Waals surface area (Å²) in [6, 6.07) is 4.42. The maximum absolute atomic E-state index is 13.9. The highest BCUT2D eigenvalue weighted by Crippen LogP contribution is 2.40. The molecule has 3 aliphatic rings. The maximum Gasteiger partial charge on any atom is 0.238 e. The summed E-state index contributed by atoms with van der Waals surface area (Å²) in [6.45, 7) is 5.01. The first-order chi connectivity index (χ1) is 14.2. The highest BCUT2D eigenvalue weighted by Gasteiger charge is 2.37. The van der Waals surface area contributed by atoms with Gasteiger partial charge in [0.05, 0.1) is 18.9 Å². The molecule has 1 unspecified atom stereocenters. The van der Waals surface area contributed by atoms with Crippen molar-refractivity contribution in [2.45, 2.75) is 25.2 Å². The monoisotopic (exact) mass is 397 g/mol. The third-order valence-corrected chi connectivity index (χ3v) is 5.90. The minimum atomic E-state index is -0.588. The van der Waals surface area contributed by atoms with Crippen LogP contribution in [0.3, 0.4) is 0 Å². The smallest absolute Gasteiger partial charge is 0.238 e. The molecule has 1 atom stereocenters. The number of carbonyl (C=O) groups excluding carboxylic acids is 1. The number of ether oxygens (including phenoxy) is 1. The Morgan fingerprint density at radius 2 is 2.10 bits per heavy atom. The number of nitrogens with zero attached hydrogens (tertiary/aromatic N) is 3. The van der Waals surface area contributed by atoms with Gasteiger partial charge in [-0.2, -0.15) is 0 Å². The van der Waals surface area contributed by atoms with Gasteiger partial charge in [-0.1, -0.05) is 0 Å². The van der Waals surface area contributed by atoms with Crippen LogP contribution >= 0.6 is 0 Å². The quantitative estimate of drug-likeness (QED) is 0.803. The molecule has 7 nitrogen and oxygen atoms in total. The zero-order valence-electron chi connectivity index (χ0n) is 16.2. The van der Waals surface area contributed by atoms with Gasteiger partial charge >= 0.3 is 0 Å². The fraction of sp³-hybridized carbons (Fsp3) is 0.476. The molecule has 0 saturated carbocycles. The lowest BCUT2D eigenvalue weighted by molar-refractivity contribution is -0.116. The number of benzene rings is 1. The van der Waals surface area contributed by atoms with Crippen LogP contribution in [0, 0.1) is 5.82 Å². The summed E-state index contributed by atoms with van der Waals surface area (Å²) in [5.41, 5.74) is 4.07. The highest BCUT2D eigenvalue weighted by atomic mass is 19.1. The van der Waals surface area contributed by atoms with Gasteiger partial charge in [-0.05, 0) is 48.6 Å². The van der Waals surface area contributed by atoms with Gasteiger partial charge in [0.2, 0.25) is 11.9 Å². The summed E-state index contributed by atoms with van der Waals surface area (Å²) in [5, 5.41) is 6.19. The number of amides is 1. The number of halogens is 1. The predicted molar refractivity (Wildman–Crippen MR) is 107 cm³/mol. The third kappa shape index (κ3) is 3.58. The summed E-state index contributed by atoms with van der Waals surface area (Å²) in [5.74, 6) is -0.542. The Bertz CT molecular complexity index is 945. The van der Waals surface area contributed by atoms with Gasteiger partial charge in [-0.15, -0.1) is 0 Å². The van der Waals surface area contributed by atoms with Crippen LogP contribution in [0.25, 0.3) is 0 Å². The fourth-order valence-electron chi connectivity index (χ4n) is 4.43. The molecule has 3 heterocycles. The number of aromatic nitrogens is 2. The molecular weight excluding hydrogens is 373 g/mol. The first-order valence-electron chi connectivity index (χ1n) is 10.2.